The van der Waals surface area contributed by atoms with Gasteiger partial charge in [0.1, 0.15) is 5.75 Å². The number of nitrogens with one attached hydrogen (secondary N) is 1. The first-order valence-corrected chi connectivity index (χ1v) is 8.94. The van der Waals surface area contributed by atoms with Crippen LogP contribution in [0.4, 0.5) is 0 Å². The molecule has 0 aromatic heterocycles. The third-order valence-electron chi connectivity index (χ3n) is 2.95. The molecule has 0 aliphatic heterocycles. The first-order valence-electron chi connectivity index (χ1n) is 6.74. The van der Waals surface area contributed by atoms with Gasteiger partial charge < -0.3 is 5.32 Å². The number of carbonyl (C=O) groups is 1. The van der Waals surface area contributed by atoms with E-state index in [2.05, 4.69) is 5.32 Å². The second-order valence-corrected chi connectivity index (χ2v) is 7.25. The average molecular weight is 330 g/mol. The molecule has 116 valence electrons. The maximum absolute atomic E-state index is 11.9. The lowest BCUT2D eigenvalue weighted by Gasteiger charge is -2.17. The number of allylic oxidation sites excluding steroid dienone is 1. The summed E-state index contributed by atoms with van der Waals surface area (Å²) in [5.41, 5.74) is 0.904. The number of benzene rings is 1. The highest BCUT2D eigenvalue weighted by molar-refractivity contribution is 7.92. The molecule has 0 heterocycles. The van der Waals surface area contributed by atoms with Crippen LogP contribution in [0.25, 0.3) is 0 Å². The molecule has 4 nitrogen and oxygen atoms in total. The van der Waals surface area contributed by atoms with Gasteiger partial charge in [0.15, 0.2) is 9.84 Å². The van der Waals surface area contributed by atoms with Gasteiger partial charge in [-0.2, -0.15) is 0 Å². The van der Waals surface area contributed by atoms with E-state index in [0.29, 0.717) is 11.4 Å². The monoisotopic (exact) mass is 329 g/mol. The van der Waals surface area contributed by atoms with Crippen LogP contribution in [0.3, 0.4) is 0 Å². The van der Waals surface area contributed by atoms with E-state index in [1.54, 1.807) is 25.1 Å². The molecule has 1 rings (SSSR count). The molecular weight excluding hydrogens is 310 g/mol. The van der Waals surface area contributed by atoms with Crippen LogP contribution in [0.2, 0.25) is 5.02 Å². The van der Waals surface area contributed by atoms with E-state index in [4.69, 9.17) is 11.6 Å². The third-order valence-corrected chi connectivity index (χ3v) is 4.61. The van der Waals surface area contributed by atoms with E-state index >= 15 is 0 Å². The molecule has 0 bridgehead atoms. The van der Waals surface area contributed by atoms with Crippen molar-refractivity contribution >= 4 is 27.3 Å². The number of sulfone groups is 1. The highest BCUT2D eigenvalue weighted by atomic mass is 35.5. The van der Waals surface area contributed by atoms with Crippen LogP contribution in [-0.4, -0.2) is 25.8 Å². The standard InChI is InChI=1S/C15H20ClNO3S/c1-3-5-10-21(19,20)11-15(18)17-14(4-2)12-6-8-13(16)9-7-12/h3,5-9,14H,4,10-11H2,1-2H3,(H,17,18)/b5-3+/t14-/m0/s1. The Hall–Kier alpha value is -1.33. The van der Waals surface area contributed by atoms with Crippen LogP contribution >= 0.6 is 11.6 Å². The Morgan fingerprint density at radius 3 is 2.48 bits per heavy atom. The molecule has 6 heteroatoms. The molecule has 0 unspecified atom stereocenters. The zero-order valence-corrected chi connectivity index (χ0v) is 13.7. The minimum Gasteiger partial charge on any atom is -0.348 e. The van der Waals surface area contributed by atoms with Crippen LogP contribution in [0, 0.1) is 0 Å². The summed E-state index contributed by atoms with van der Waals surface area (Å²) >= 11 is 5.83. The maximum atomic E-state index is 11.9. The average Bonchev–Trinajstić information content (AvgIpc) is 2.43. The van der Waals surface area contributed by atoms with Gasteiger partial charge in [0.25, 0.3) is 0 Å². The van der Waals surface area contributed by atoms with Crippen LogP contribution < -0.4 is 5.32 Å². The van der Waals surface area contributed by atoms with E-state index in [9.17, 15) is 13.2 Å². The van der Waals surface area contributed by atoms with E-state index < -0.39 is 21.5 Å². The summed E-state index contributed by atoms with van der Waals surface area (Å²) in [5, 5.41) is 3.37. The first kappa shape index (κ1) is 17.7. The zero-order chi connectivity index (χ0) is 15.9. The molecule has 1 amide bonds. The van der Waals surface area contributed by atoms with Crippen molar-refractivity contribution in [3.63, 3.8) is 0 Å². The smallest absolute Gasteiger partial charge is 0.235 e. The Morgan fingerprint density at radius 1 is 1.33 bits per heavy atom. The summed E-state index contributed by atoms with van der Waals surface area (Å²) < 4.78 is 23.4. The van der Waals surface area contributed by atoms with Crippen molar-refractivity contribution in [2.75, 3.05) is 11.5 Å². The number of hydrogen-bond acceptors (Lipinski definition) is 3. The molecule has 21 heavy (non-hydrogen) atoms. The fourth-order valence-corrected chi connectivity index (χ4v) is 3.07. The number of hydrogen-bond donors (Lipinski definition) is 1. The zero-order valence-electron chi connectivity index (χ0n) is 12.2. The minimum atomic E-state index is -3.41. The van der Waals surface area contributed by atoms with Gasteiger partial charge in [0, 0.05) is 5.02 Å². The van der Waals surface area contributed by atoms with Gasteiger partial charge >= 0.3 is 0 Å². The lowest BCUT2D eigenvalue weighted by atomic mass is 10.0. The summed E-state index contributed by atoms with van der Waals surface area (Å²) in [4.78, 5) is 11.9. The van der Waals surface area contributed by atoms with Crippen molar-refractivity contribution in [1.82, 2.24) is 5.32 Å². The van der Waals surface area contributed by atoms with E-state index in [-0.39, 0.29) is 11.8 Å². The Bertz CT molecular complexity index is 594. The van der Waals surface area contributed by atoms with E-state index in [1.807, 2.05) is 19.1 Å². The van der Waals surface area contributed by atoms with Crippen LogP contribution in [0.5, 0.6) is 0 Å². The molecule has 0 aliphatic rings. The van der Waals surface area contributed by atoms with Crippen molar-refractivity contribution < 1.29 is 13.2 Å². The molecule has 1 N–H and O–H groups in total. The molecule has 1 aromatic rings. The Morgan fingerprint density at radius 2 is 1.95 bits per heavy atom. The Kier molecular flexibility index (Phi) is 6.92. The van der Waals surface area contributed by atoms with Gasteiger partial charge in [-0.05, 0) is 31.0 Å². The van der Waals surface area contributed by atoms with Crippen LogP contribution in [-0.2, 0) is 14.6 Å². The first-order chi connectivity index (χ1) is 9.88. The Balaban J connectivity index is 2.69. The van der Waals surface area contributed by atoms with Gasteiger partial charge in [0.05, 0.1) is 11.8 Å². The summed E-state index contributed by atoms with van der Waals surface area (Å²) in [6.07, 6.45) is 3.85. The fraction of sp³-hybridized carbons (Fsp3) is 0.400. The molecule has 0 spiro atoms. The quantitative estimate of drug-likeness (QED) is 0.782. The van der Waals surface area contributed by atoms with Gasteiger partial charge in [-0.3, -0.25) is 4.79 Å². The molecule has 0 saturated carbocycles. The van der Waals surface area contributed by atoms with Gasteiger partial charge in [-0.15, -0.1) is 0 Å². The minimum absolute atomic E-state index is 0.116. The van der Waals surface area contributed by atoms with Gasteiger partial charge in [-0.25, -0.2) is 8.42 Å². The number of amides is 1. The summed E-state index contributed by atoms with van der Waals surface area (Å²) in [5.74, 6) is -1.10. The molecule has 1 atom stereocenters. The number of halogens is 1. The maximum Gasteiger partial charge on any atom is 0.235 e. The molecule has 0 saturated heterocycles. The van der Waals surface area contributed by atoms with Crippen molar-refractivity contribution in [1.29, 1.82) is 0 Å². The normalized spacial score (nSPS) is 13.3. The lowest BCUT2D eigenvalue weighted by molar-refractivity contribution is -0.119. The summed E-state index contributed by atoms with van der Waals surface area (Å²) in [6.45, 7) is 3.66. The second-order valence-electron chi connectivity index (χ2n) is 4.70. The second kappa shape index (κ2) is 8.20. The fourth-order valence-electron chi connectivity index (χ4n) is 1.85. The van der Waals surface area contributed by atoms with Crippen LogP contribution in [0.1, 0.15) is 31.9 Å². The summed E-state index contributed by atoms with van der Waals surface area (Å²) in [6, 6.07) is 6.92. The SMILES string of the molecule is C/C=C/CS(=O)(=O)CC(=O)N[C@@H](CC)c1ccc(Cl)cc1. The van der Waals surface area contributed by atoms with Crippen molar-refractivity contribution in [3.8, 4) is 0 Å². The lowest BCUT2D eigenvalue weighted by Crippen LogP contribution is -2.34. The van der Waals surface area contributed by atoms with Gasteiger partial charge in [-0.1, -0.05) is 42.8 Å². The molecular formula is C15H20ClNO3S. The highest BCUT2D eigenvalue weighted by Crippen LogP contribution is 2.19. The number of rotatable bonds is 7. The molecule has 0 fully saturated rings. The molecule has 0 aliphatic carbocycles. The topological polar surface area (TPSA) is 63.2 Å². The highest BCUT2D eigenvalue weighted by Gasteiger charge is 2.18. The largest absolute Gasteiger partial charge is 0.348 e. The van der Waals surface area contributed by atoms with E-state index in [1.165, 1.54) is 6.08 Å². The Labute approximate surface area is 131 Å². The van der Waals surface area contributed by atoms with Crippen molar-refractivity contribution in [2.45, 2.75) is 26.3 Å². The molecule has 0 radical (unpaired) electrons. The predicted octanol–water partition coefficient (Wildman–Crippen LogP) is 2.90. The van der Waals surface area contributed by atoms with Crippen LogP contribution in [0.15, 0.2) is 36.4 Å². The van der Waals surface area contributed by atoms with Crippen molar-refractivity contribution in [2.24, 2.45) is 0 Å². The van der Waals surface area contributed by atoms with Gasteiger partial charge in [0.2, 0.25) is 5.91 Å². The van der Waals surface area contributed by atoms with E-state index in [0.717, 1.165) is 5.56 Å². The van der Waals surface area contributed by atoms with Crippen molar-refractivity contribution in [3.05, 3.63) is 47.0 Å². The number of carbonyl (C=O) groups excluding carboxylic acids is 1. The predicted molar refractivity (Wildman–Crippen MR) is 86.1 cm³/mol. The third kappa shape index (κ3) is 6.31. The summed E-state index contributed by atoms with van der Waals surface area (Å²) in [7, 11) is -3.41. The molecule has 1 aromatic carbocycles.